The number of aromatic amines is 1. The largest absolute Gasteiger partial charge is 0.352 e. The van der Waals surface area contributed by atoms with Crippen molar-refractivity contribution < 1.29 is 14.0 Å². The van der Waals surface area contributed by atoms with Crippen LogP contribution in [0.15, 0.2) is 54.9 Å². The van der Waals surface area contributed by atoms with Gasteiger partial charge in [0.1, 0.15) is 16.5 Å². The Morgan fingerprint density at radius 2 is 1.93 bits per heavy atom. The highest BCUT2D eigenvalue weighted by atomic mass is 32.1. The standard InChI is InChI=1S/C20H16FN5O2S/c21-16-4-2-1-3-13(16)11-23-17(27)10-14-9-15-18(25-26-20(15)29-14)24-19(28)12-5-7-22-8-6-12/h1-9H,10-11H2,(H,23,27)(H2,24,25,26,28). The number of benzene rings is 1. The summed E-state index contributed by atoms with van der Waals surface area (Å²) in [4.78, 5) is 29.9. The lowest BCUT2D eigenvalue weighted by Gasteiger charge is -2.05. The van der Waals surface area contributed by atoms with Crippen LogP contribution in [0.25, 0.3) is 10.2 Å². The number of H-pyrrole nitrogens is 1. The minimum absolute atomic E-state index is 0.127. The van der Waals surface area contributed by atoms with E-state index < -0.39 is 0 Å². The first kappa shape index (κ1) is 18.8. The van der Waals surface area contributed by atoms with Crippen LogP contribution in [0, 0.1) is 5.82 Å². The fourth-order valence-corrected chi connectivity index (χ4v) is 3.78. The summed E-state index contributed by atoms with van der Waals surface area (Å²) in [6.07, 6.45) is 3.23. The highest BCUT2D eigenvalue weighted by molar-refractivity contribution is 7.18. The Kier molecular flexibility index (Phi) is 5.30. The van der Waals surface area contributed by atoms with Crippen LogP contribution in [0.5, 0.6) is 0 Å². The third kappa shape index (κ3) is 4.30. The molecule has 0 aliphatic rings. The third-order valence-electron chi connectivity index (χ3n) is 4.25. The number of rotatable bonds is 6. The zero-order valence-corrected chi connectivity index (χ0v) is 15.9. The molecule has 0 aliphatic carbocycles. The van der Waals surface area contributed by atoms with Gasteiger partial charge in [0.15, 0.2) is 0 Å². The SMILES string of the molecule is O=C(Cc1cc2c(NC(=O)c3ccncc3)[nH]nc2s1)NCc1ccccc1F. The van der Waals surface area contributed by atoms with E-state index >= 15 is 0 Å². The second-order valence-corrected chi connectivity index (χ2v) is 7.38. The van der Waals surface area contributed by atoms with Crippen LogP contribution in [0.3, 0.4) is 0 Å². The second-order valence-electron chi connectivity index (χ2n) is 6.27. The number of halogens is 1. The monoisotopic (exact) mass is 409 g/mol. The molecule has 146 valence electrons. The summed E-state index contributed by atoms with van der Waals surface area (Å²) in [5.41, 5.74) is 0.911. The molecule has 29 heavy (non-hydrogen) atoms. The number of carbonyl (C=O) groups excluding carboxylic acids is 2. The molecule has 0 unspecified atom stereocenters. The summed E-state index contributed by atoms with van der Waals surface area (Å²) in [6.45, 7) is 0.127. The van der Waals surface area contributed by atoms with Crippen molar-refractivity contribution in [3.63, 3.8) is 0 Å². The lowest BCUT2D eigenvalue weighted by molar-refractivity contribution is -0.120. The molecule has 0 atom stereocenters. The minimum atomic E-state index is -0.350. The quantitative estimate of drug-likeness (QED) is 0.455. The van der Waals surface area contributed by atoms with Gasteiger partial charge in [0.05, 0.1) is 11.8 Å². The Morgan fingerprint density at radius 3 is 2.72 bits per heavy atom. The molecule has 7 nitrogen and oxygen atoms in total. The smallest absolute Gasteiger partial charge is 0.256 e. The Hall–Kier alpha value is -3.59. The predicted octanol–water partition coefficient (Wildman–Crippen LogP) is 3.27. The number of pyridine rings is 1. The van der Waals surface area contributed by atoms with Crippen LogP contribution in [-0.4, -0.2) is 27.0 Å². The van der Waals surface area contributed by atoms with Gasteiger partial charge in [0.25, 0.3) is 5.91 Å². The van der Waals surface area contributed by atoms with Gasteiger partial charge >= 0.3 is 0 Å². The van der Waals surface area contributed by atoms with Crippen LogP contribution in [0.2, 0.25) is 0 Å². The molecular formula is C20H16FN5O2S. The molecule has 4 aromatic rings. The first-order valence-corrected chi connectivity index (χ1v) is 9.60. The number of fused-ring (bicyclic) bond motifs is 1. The Balaban J connectivity index is 1.41. The molecule has 0 saturated heterocycles. The minimum Gasteiger partial charge on any atom is -0.352 e. The van der Waals surface area contributed by atoms with Gasteiger partial charge in [-0.05, 0) is 24.3 Å². The van der Waals surface area contributed by atoms with Crippen LogP contribution in [0.4, 0.5) is 10.2 Å². The van der Waals surface area contributed by atoms with Crippen LogP contribution in [0.1, 0.15) is 20.8 Å². The average Bonchev–Trinajstić information content (AvgIpc) is 3.29. The number of amides is 2. The maximum atomic E-state index is 13.6. The molecule has 0 saturated carbocycles. The van der Waals surface area contributed by atoms with E-state index in [0.29, 0.717) is 21.8 Å². The summed E-state index contributed by atoms with van der Waals surface area (Å²) in [6, 6.07) is 11.4. The Labute approximate surface area is 169 Å². The number of nitrogens with one attached hydrogen (secondary N) is 3. The number of aromatic nitrogens is 3. The Morgan fingerprint density at radius 1 is 1.14 bits per heavy atom. The van der Waals surface area contributed by atoms with Crippen molar-refractivity contribution in [1.82, 2.24) is 20.5 Å². The van der Waals surface area contributed by atoms with E-state index in [9.17, 15) is 14.0 Å². The van der Waals surface area contributed by atoms with E-state index in [1.54, 1.807) is 42.7 Å². The molecule has 0 bridgehead atoms. The number of anilines is 1. The molecule has 3 N–H and O–H groups in total. The molecular weight excluding hydrogens is 393 g/mol. The first-order valence-electron chi connectivity index (χ1n) is 8.78. The van der Waals surface area contributed by atoms with Gasteiger partial charge in [-0.2, -0.15) is 5.10 Å². The molecule has 0 aliphatic heterocycles. The molecule has 0 radical (unpaired) electrons. The van der Waals surface area contributed by atoms with Crippen LogP contribution >= 0.6 is 11.3 Å². The van der Waals surface area contributed by atoms with Gasteiger partial charge in [0, 0.05) is 34.9 Å². The van der Waals surface area contributed by atoms with Crippen LogP contribution < -0.4 is 10.6 Å². The zero-order valence-electron chi connectivity index (χ0n) is 15.1. The lowest BCUT2D eigenvalue weighted by Crippen LogP contribution is -2.24. The highest BCUT2D eigenvalue weighted by Crippen LogP contribution is 2.29. The van der Waals surface area contributed by atoms with Gasteiger partial charge in [-0.1, -0.05) is 18.2 Å². The maximum absolute atomic E-state index is 13.6. The van der Waals surface area contributed by atoms with Gasteiger partial charge in [-0.15, -0.1) is 11.3 Å². The Bertz CT molecular complexity index is 1170. The molecule has 2 amide bonds. The molecule has 3 aromatic heterocycles. The van der Waals surface area contributed by atoms with Gasteiger partial charge in [-0.3, -0.25) is 19.7 Å². The van der Waals surface area contributed by atoms with E-state index in [-0.39, 0.29) is 30.6 Å². The van der Waals surface area contributed by atoms with E-state index in [4.69, 9.17) is 0 Å². The summed E-state index contributed by atoms with van der Waals surface area (Å²) >= 11 is 1.36. The molecule has 0 spiro atoms. The number of nitrogens with zero attached hydrogens (tertiary/aromatic N) is 2. The van der Waals surface area contributed by atoms with Gasteiger partial charge in [-0.25, -0.2) is 4.39 Å². The van der Waals surface area contributed by atoms with E-state index in [1.807, 2.05) is 6.07 Å². The molecule has 4 rings (SSSR count). The van der Waals surface area contributed by atoms with Crippen molar-refractivity contribution in [3.05, 3.63) is 76.7 Å². The van der Waals surface area contributed by atoms with Crippen molar-refractivity contribution in [2.24, 2.45) is 0 Å². The van der Waals surface area contributed by atoms with Gasteiger partial charge < -0.3 is 10.6 Å². The van der Waals surface area contributed by atoms with Crippen molar-refractivity contribution in [2.45, 2.75) is 13.0 Å². The topological polar surface area (TPSA) is 99.8 Å². The van der Waals surface area contributed by atoms with E-state index in [2.05, 4.69) is 25.8 Å². The summed E-state index contributed by atoms with van der Waals surface area (Å²) in [5.74, 6) is -0.384. The highest BCUT2D eigenvalue weighted by Gasteiger charge is 2.15. The van der Waals surface area contributed by atoms with E-state index in [0.717, 1.165) is 10.3 Å². The third-order valence-corrected chi connectivity index (χ3v) is 5.28. The summed E-state index contributed by atoms with van der Waals surface area (Å²) in [5, 5.41) is 13.2. The zero-order chi connectivity index (χ0) is 20.2. The van der Waals surface area contributed by atoms with E-state index in [1.165, 1.54) is 17.4 Å². The lowest BCUT2D eigenvalue weighted by atomic mass is 10.2. The maximum Gasteiger partial charge on any atom is 0.256 e. The molecule has 1 aromatic carbocycles. The normalized spacial score (nSPS) is 10.8. The number of thiophene rings is 1. The summed E-state index contributed by atoms with van der Waals surface area (Å²) in [7, 11) is 0. The molecule has 3 heterocycles. The number of hydrogen-bond donors (Lipinski definition) is 3. The van der Waals surface area contributed by atoms with Crippen LogP contribution in [-0.2, 0) is 17.8 Å². The van der Waals surface area contributed by atoms with Crippen molar-refractivity contribution >= 4 is 39.2 Å². The fraction of sp³-hybridized carbons (Fsp3) is 0.100. The number of carbonyl (C=O) groups is 2. The number of hydrogen-bond acceptors (Lipinski definition) is 5. The first-order chi connectivity index (χ1) is 14.1. The second kappa shape index (κ2) is 8.19. The van der Waals surface area contributed by atoms with Crippen molar-refractivity contribution in [1.29, 1.82) is 0 Å². The van der Waals surface area contributed by atoms with Crippen molar-refractivity contribution in [2.75, 3.05) is 5.32 Å². The molecule has 9 heteroatoms. The fourth-order valence-electron chi connectivity index (χ4n) is 2.79. The molecule has 0 fully saturated rings. The predicted molar refractivity (Wildman–Crippen MR) is 108 cm³/mol. The van der Waals surface area contributed by atoms with Crippen molar-refractivity contribution in [3.8, 4) is 0 Å². The average molecular weight is 409 g/mol. The van der Waals surface area contributed by atoms with Gasteiger partial charge in [0.2, 0.25) is 5.91 Å². The summed E-state index contributed by atoms with van der Waals surface area (Å²) < 4.78 is 13.6.